The van der Waals surface area contributed by atoms with Crippen LogP contribution in [0.15, 0.2) is 0 Å². The average Bonchev–Trinajstić information content (AvgIpc) is 3.21. The molecule has 1 unspecified atom stereocenters. The van der Waals surface area contributed by atoms with Crippen LogP contribution in [0, 0.1) is 40.9 Å². The van der Waals surface area contributed by atoms with E-state index in [1.165, 1.54) is 51.4 Å². The summed E-state index contributed by atoms with van der Waals surface area (Å²) in [5, 5.41) is 10.7. The molecule has 1 saturated heterocycles. The van der Waals surface area contributed by atoms with Crippen LogP contribution >= 0.6 is 0 Å². The van der Waals surface area contributed by atoms with Crippen LogP contribution in [-0.2, 0) is 4.74 Å². The topological polar surface area (TPSA) is 32.8 Å². The quantitative estimate of drug-likeness (QED) is 0.663. The molecule has 2 nitrogen and oxygen atoms in total. The number of ether oxygens (including phenoxy) is 1. The summed E-state index contributed by atoms with van der Waals surface area (Å²) in [7, 11) is 0. The summed E-state index contributed by atoms with van der Waals surface area (Å²) < 4.78 is 5.93. The Morgan fingerprint density at radius 3 is 2.40 bits per heavy atom. The van der Waals surface area contributed by atoms with Gasteiger partial charge in [-0.1, -0.05) is 13.3 Å². The fourth-order valence-electron chi connectivity index (χ4n) is 8.64. The molecule has 25 heavy (non-hydrogen) atoms. The Kier molecular flexibility index (Phi) is 3.73. The molecular weight excluding hydrogens is 308 g/mol. The van der Waals surface area contributed by atoms with Gasteiger partial charge in [0, 0.05) is 0 Å². The van der Waals surface area contributed by atoms with Gasteiger partial charge in [0.25, 0.3) is 0 Å². The van der Waals surface area contributed by atoms with Crippen LogP contribution in [0.1, 0.15) is 85.0 Å². The van der Waals surface area contributed by atoms with E-state index >= 15 is 0 Å². The summed E-state index contributed by atoms with van der Waals surface area (Å²) in [6.45, 7) is 8.11. The van der Waals surface area contributed by atoms with Crippen molar-refractivity contribution in [3.8, 4) is 0 Å². The summed E-state index contributed by atoms with van der Waals surface area (Å²) >= 11 is 0. The van der Waals surface area contributed by atoms with Crippen molar-refractivity contribution in [1.29, 1.82) is 0 Å². The van der Waals surface area contributed by atoms with Crippen molar-refractivity contribution >= 4 is 0 Å². The molecule has 0 aromatic heterocycles. The van der Waals surface area contributed by atoms with Gasteiger partial charge in [-0.05, 0) is 113 Å². The highest BCUT2D eigenvalue weighted by Gasteiger charge is 2.63. The second-order valence-corrected chi connectivity index (χ2v) is 11.3. The maximum absolute atomic E-state index is 10.7. The predicted molar refractivity (Wildman–Crippen MR) is 100 cm³/mol. The number of epoxide rings is 1. The molecule has 4 saturated carbocycles. The third-order valence-electron chi connectivity index (χ3n) is 9.81. The van der Waals surface area contributed by atoms with E-state index in [0.717, 1.165) is 55.0 Å². The van der Waals surface area contributed by atoms with Gasteiger partial charge in [0.15, 0.2) is 0 Å². The normalized spacial score (nSPS) is 61.0. The molecule has 1 aliphatic heterocycles. The Balaban J connectivity index is 1.38. The van der Waals surface area contributed by atoms with Crippen molar-refractivity contribution in [2.75, 3.05) is 6.61 Å². The number of fused-ring (bicyclic) bond motifs is 5. The van der Waals surface area contributed by atoms with Crippen LogP contribution in [0.5, 0.6) is 0 Å². The van der Waals surface area contributed by atoms with Crippen molar-refractivity contribution in [2.45, 2.75) is 96.2 Å². The standard InChI is InChI=1S/C23H38O2/c1-21(24)11-4-5-16-15(13-21)6-7-18-17(16)10-12-22(2)19(18)8-9-20(22)23(3)14-25-23/h15-20,24H,4-14H2,1-3H3/t15-,16+,17-,18-,19+,20+,21-,22+,23?/m1/s1. The summed E-state index contributed by atoms with van der Waals surface area (Å²) in [4.78, 5) is 0. The zero-order chi connectivity index (χ0) is 17.4. The Labute approximate surface area is 154 Å². The Morgan fingerprint density at radius 2 is 1.64 bits per heavy atom. The first-order valence-electron chi connectivity index (χ1n) is 11.2. The lowest BCUT2D eigenvalue weighted by Gasteiger charge is -2.55. The lowest BCUT2D eigenvalue weighted by Crippen LogP contribution is -2.49. The molecule has 142 valence electrons. The Morgan fingerprint density at radius 1 is 0.840 bits per heavy atom. The van der Waals surface area contributed by atoms with Crippen molar-refractivity contribution in [2.24, 2.45) is 40.9 Å². The molecule has 1 heterocycles. The number of rotatable bonds is 1. The second kappa shape index (κ2) is 5.47. The van der Waals surface area contributed by atoms with E-state index in [2.05, 4.69) is 20.8 Å². The van der Waals surface area contributed by atoms with Crippen molar-refractivity contribution in [1.82, 2.24) is 0 Å². The third-order valence-corrected chi connectivity index (χ3v) is 9.81. The fraction of sp³-hybridized carbons (Fsp3) is 1.00. The molecule has 0 aromatic carbocycles. The van der Waals surface area contributed by atoms with Gasteiger partial charge in [0.05, 0.1) is 17.8 Å². The molecule has 4 aliphatic carbocycles. The molecule has 1 N–H and O–H groups in total. The van der Waals surface area contributed by atoms with Crippen LogP contribution in [0.4, 0.5) is 0 Å². The molecule has 5 fully saturated rings. The van der Waals surface area contributed by atoms with Crippen LogP contribution in [0.3, 0.4) is 0 Å². The van der Waals surface area contributed by atoms with Gasteiger partial charge in [-0.2, -0.15) is 0 Å². The van der Waals surface area contributed by atoms with E-state index < -0.39 is 5.60 Å². The van der Waals surface area contributed by atoms with Gasteiger partial charge < -0.3 is 9.84 Å². The van der Waals surface area contributed by atoms with E-state index in [0.29, 0.717) is 5.41 Å². The van der Waals surface area contributed by atoms with E-state index in [4.69, 9.17) is 4.74 Å². The maximum atomic E-state index is 10.7. The zero-order valence-electron chi connectivity index (χ0n) is 16.6. The highest BCUT2D eigenvalue weighted by Crippen LogP contribution is 2.67. The molecule has 5 aliphatic rings. The first-order chi connectivity index (χ1) is 11.8. The molecule has 9 atom stereocenters. The predicted octanol–water partition coefficient (Wildman–Crippen LogP) is 5.19. The van der Waals surface area contributed by atoms with E-state index in [9.17, 15) is 5.11 Å². The molecule has 2 heteroatoms. The summed E-state index contributed by atoms with van der Waals surface area (Å²) in [5.41, 5.74) is 0.357. The van der Waals surface area contributed by atoms with Gasteiger partial charge in [-0.15, -0.1) is 0 Å². The first-order valence-corrected chi connectivity index (χ1v) is 11.2. The van der Waals surface area contributed by atoms with Crippen molar-refractivity contribution in [3.63, 3.8) is 0 Å². The molecule has 0 bridgehead atoms. The van der Waals surface area contributed by atoms with E-state index in [-0.39, 0.29) is 5.60 Å². The molecular formula is C23H38O2. The highest BCUT2D eigenvalue weighted by molar-refractivity contribution is 5.12. The molecule has 0 aromatic rings. The third kappa shape index (κ3) is 2.57. The Hall–Kier alpha value is -0.0800. The van der Waals surface area contributed by atoms with Gasteiger partial charge in [-0.3, -0.25) is 0 Å². The lowest BCUT2D eigenvalue weighted by molar-refractivity contribution is -0.0709. The second-order valence-electron chi connectivity index (χ2n) is 11.3. The van der Waals surface area contributed by atoms with Crippen LogP contribution in [0.25, 0.3) is 0 Å². The smallest absolute Gasteiger partial charge is 0.0921 e. The van der Waals surface area contributed by atoms with Gasteiger partial charge >= 0.3 is 0 Å². The lowest BCUT2D eigenvalue weighted by atomic mass is 9.50. The largest absolute Gasteiger partial charge is 0.390 e. The molecule has 0 radical (unpaired) electrons. The highest BCUT2D eigenvalue weighted by atomic mass is 16.6. The molecule has 0 spiro atoms. The van der Waals surface area contributed by atoms with Crippen molar-refractivity contribution in [3.05, 3.63) is 0 Å². The number of hydrogen-bond donors (Lipinski definition) is 1. The SMILES string of the molecule is CC1([C@H]2CC[C@H]3[C@@H]4CC[C@@H]5C[C@](C)(O)CCC[C@@H]5[C@H]4CC[C@]23C)CO1. The average molecular weight is 347 g/mol. The fourth-order valence-corrected chi connectivity index (χ4v) is 8.64. The Bertz CT molecular complexity index is 536. The first kappa shape index (κ1) is 17.0. The van der Waals surface area contributed by atoms with Gasteiger partial charge in [0.2, 0.25) is 0 Å². The summed E-state index contributed by atoms with van der Waals surface area (Å²) in [6.07, 6.45) is 13.3. The molecule has 0 amide bonds. The van der Waals surface area contributed by atoms with Crippen molar-refractivity contribution < 1.29 is 9.84 Å². The van der Waals surface area contributed by atoms with Crippen LogP contribution < -0.4 is 0 Å². The number of aliphatic hydroxyl groups is 1. The van der Waals surface area contributed by atoms with Gasteiger partial charge in [-0.25, -0.2) is 0 Å². The van der Waals surface area contributed by atoms with E-state index in [1.54, 1.807) is 0 Å². The summed E-state index contributed by atoms with van der Waals surface area (Å²) in [5.74, 6) is 5.38. The van der Waals surface area contributed by atoms with Crippen LogP contribution in [-0.4, -0.2) is 22.9 Å². The monoisotopic (exact) mass is 346 g/mol. The summed E-state index contributed by atoms with van der Waals surface area (Å²) in [6, 6.07) is 0. The minimum absolute atomic E-state index is 0.217. The minimum atomic E-state index is -0.397. The number of hydrogen-bond acceptors (Lipinski definition) is 2. The minimum Gasteiger partial charge on any atom is -0.390 e. The maximum Gasteiger partial charge on any atom is 0.0921 e. The molecule has 5 rings (SSSR count). The van der Waals surface area contributed by atoms with Gasteiger partial charge in [0.1, 0.15) is 0 Å². The zero-order valence-corrected chi connectivity index (χ0v) is 16.6. The van der Waals surface area contributed by atoms with Crippen LogP contribution in [0.2, 0.25) is 0 Å². The van der Waals surface area contributed by atoms with E-state index in [1.807, 2.05) is 0 Å².